The molecule has 2 atom stereocenters. The topological polar surface area (TPSA) is 156 Å². The first kappa shape index (κ1) is 35.9. The van der Waals surface area contributed by atoms with Crippen molar-refractivity contribution in [1.29, 1.82) is 0 Å². The summed E-state index contributed by atoms with van der Waals surface area (Å²) in [6.45, 7) is 8.58. The molecule has 10 rings (SSSR count). The molecule has 2 unspecified atom stereocenters. The summed E-state index contributed by atoms with van der Waals surface area (Å²) in [7, 11) is 0. The lowest BCUT2D eigenvalue weighted by Gasteiger charge is -2.24. The van der Waals surface area contributed by atoms with Crippen LogP contribution in [0.4, 0.5) is 28.0 Å². The number of carbonyl (C=O) groups excluding carboxylic acids is 2. The average molecular weight is 777 g/mol. The molecule has 4 N–H and O–H groups in total. The lowest BCUT2D eigenvalue weighted by molar-refractivity contribution is -0.118. The monoisotopic (exact) mass is 776 g/mol. The van der Waals surface area contributed by atoms with Gasteiger partial charge in [0, 0.05) is 23.8 Å². The van der Waals surface area contributed by atoms with Gasteiger partial charge < -0.3 is 25.7 Å². The molecule has 2 aliphatic rings. The fourth-order valence-electron chi connectivity index (χ4n) is 7.49. The fourth-order valence-corrected chi connectivity index (χ4v) is 8.01. The summed E-state index contributed by atoms with van der Waals surface area (Å²) in [5.41, 5.74) is 13.4. The highest BCUT2D eigenvalue weighted by molar-refractivity contribution is 7.13. The number of aromatic nitrogens is 6. The number of rotatable bonds is 7. The number of anilines is 5. The highest BCUT2D eigenvalue weighted by Crippen LogP contribution is 2.38. The average Bonchev–Trinajstić information content (AvgIpc) is 4.02. The van der Waals surface area contributed by atoms with E-state index >= 15 is 0 Å². The number of amides is 2. The first-order valence-corrected chi connectivity index (χ1v) is 19.6. The molecule has 0 saturated heterocycles. The van der Waals surface area contributed by atoms with Crippen molar-refractivity contribution in [3.05, 3.63) is 148 Å². The van der Waals surface area contributed by atoms with E-state index in [0.29, 0.717) is 25.1 Å². The molecule has 0 bridgehead atoms. The van der Waals surface area contributed by atoms with Crippen LogP contribution in [0.15, 0.2) is 102 Å². The van der Waals surface area contributed by atoms with E-state index < -0.39 is 0 Å². The number of thiazole rings is 1. The van der Waals surface area contributed by atoms with Gasteiger partial charge >= 0.3 is 0 Å². The molecule has 0 spiro atoms. The summed E-state index contributed by atoms with van der Waals surface area (Å²) < 4.78 is 9.36. The maximum Gasteiger partial charge on any atom is 0.234 e. The third-order valence-electron chi connectivity index (χ3n) is 10.4. The summed E-state index contributed by atoms with van der Waals surface area (Å²) in [4.78, 5) is 43.7. The van der Waals surface area contributed by atoms with Gasteiger partial charge in [0.2, 0.25) is 11.8 Å². The molecule has 286 valence electrons. The molecule has 0 saturated carbocycles. The summed E-state index contributed by atoms with van der Waals surface area (Å²) in [6.07, 6.45) is 10.2. The van der Waals surface area contributed by atoms with Crippen LogP contribution in [0.1, 0.15) is 62.4 Å². The Labute approximate surface area is 332 Å². The van der Waals surface area contributed by atoms with Crippen LogP contribution in [0.2, 0.25) is 0 Å². The van der Waals surface area contributed by atoms with Crippen LogP contribution in [0.5, 0.6) is 0 Å². The van der Waals surface area contributed by atoms with Crippen LogP contribution in [-0.2, 0) is 29.0 Å². The third kappa shape index (κ3) is 7.11. The summed E-state index contributed by atoms with van der Waals surface area (Å²) in [5, 5.41) is 13.9. The predicted octanol–water partition coefficient (Wildman–Crippen LogP) is 8.26. The number of fused-ring (bicyclic) bond motifs is 4. The van der Waals surface area contributed by atoms with Crippen LogP contribution >= 0.6 is 11.3 Å². The molecule has 2 aromatic carbocycles. The van der Waals surface area contributed by atoms with Crippen LogP contribution in [0.25, 0.3) is 11.3 Å². The van der Waals surface area contributed by atoms with E-state index in [0.717, 1.165) is 84.1 Å². The second kappa shape index (κ2) is 14.7. The van der Waals surface area contributed by atoms with Gasteiger partial charge in [0.25, 0.3) is 0 Å². The molecule has 8 heterocycles. The SMILES string of the molecule is Cc1ccc2c(c1)NC(=O)C(c1nc3ccc(C)cn3c1NCc1cnco1)C2.Cc1ccc2c(c1)NC(=O)C(c1nc3ccc(C)cn3c1Nc1cncs1)C2. The van der Waals surface area contributed by atoms with E-state index in [1.807, 2.05) is 85.3 Å². The standard InChI is InChI=1S/C22H21N5O2.C21H19N5OS/c1-13-3-5-15-8-17(22(28)25-18(15)7-13)20-21(24-10-16-9-23-12-29-16)27-11-14(2)4-6-19(27)26-20;1-12-3-5-14-8-15(21(27)23-16(14)7-12)19-20(25-18-9-22-11-28-18)26-10-13(2)4-6-17(26)24-19/h3-7,9,11-12,17,24H,8,10H2,1-2H3,(H,25,28);3-7,9-11,15,25H,8H2,1-2H3,(H,23,27). The second-order valence-corrected chi connectivity index (χ2v) is 15.6. The van der Waals surface area contributed by atoms with E-state index in [-0.39, 0.29) is 23.7 Å². The normalized spacial score (nSPS) is 16.0. The molecule has 57 heavy (non-hydrogen) atoms. The Morgan fingerprint density at radius 2 is 1.28 bits per heavy atom. The van der Waals surface area contributed by atoms with E-state index in [1.165, 1.54) is 17.7 Å². The first-order valence-electron chi connectivity index (χ1n) is 18.7. The van der Waals surface area contributed by atoms with Gasteiger partial charge in [-0.25, -0.2) is 15.0 Å². The zero-order chi connectivity index (χ0) is 39.2. The first-order chi connectivity index (χ1) is 27.7. The van der Waals surface area contributed by atoms with Gasteiger partial charge in [-0.05, 0) is 98.2 Å². The fraction of sp³-hybridized carbons (Fsp3) is 0.209. The maximum absolute atomic E-state index is 13.0. The lowest BCUT2D eigenvalue weighted by Crippen LogP contribution is -2.29. The van der Waals surface area contributed by atoms with Crippen LogP contribution in [0.3, 0.4) is 0 Å². The molecule has 2 aliphatic heterocycles. The van der Waals surface area contributed by atoms with Crippen molar-refractivity contribution in [2.75, 3.05) is 21.3 Å². The molecular weight excluding hydrogens is 737 g/mol. The van der Waals surface area contributed by atoms with Crippen molar-refractivity contribution in [2.45, 2.75) is 58.9 Å². The molecule has 8 aromatic rings. The van der Waals surface area contributed by atoms with Crippen molar-refractivity contribution >= 4 is 62.5 Å². The van der Waals surface area contributed by atoms with Gasteiger partial charge in [-0.3, -0.25) is 23.4 Å². The Morgan fingerprint density at radius 3 is 1.82 bits per heavy atom. The van der Waals surface area contributed by atoms with Gasteiger partial charge in [-0.15, -0.1) is 11.3 Å². The summed E-state index contributed by atoms with van der Waals surface area (Å²) >= 11 is 1.52. The van der Waals surface area contributed by atoms with E-state index in [1.54, 1.807) is 17.9 Å². The van der Waals surface area contributed by atoms with Crippen LogP contribution < -0.4 is 21.3 Å². The van der Waals surface area contributed by atoms with Crippen molar-refractivity contribution < 1.29 is 14.0 Å². The Morgan fingerprint density at radius 1 is 0.719 bits per heavy atom. The number of pyridine rings is 2. The smallest absolute Gasteiger partial charge is 0.234 e. The van der Waals surface area contributed by atoms with Gasteiger partial charge in [0.05, 0.1) is 47.7 Å². The minimum absolute atomic E-state index is 0.0226. The Bertz CT molecular complexity index is 2790. The number of aryl methyl sites for hydroxylation is 4. The number of nitrogens with one attached hydrogen (secondary N) is 4. The zero-order valence-corrected chi connectivity index (χ0v) is 32.6. The lowest BCUT2D eigenvalue weighted by atomic mass is 9.90. The van der Waals surface area contributed by atoms with E-state index in [2.05, 4.69) is 55.5 Å². The molecule has 0 radical (unpaired) electrons. The van der Waals surface area contributed by atoms with E-state index in [9.17, 15) is 9.59 Å². The largest absolute Gasteiger partial charge is 0.447 e. The number of hydrogen-bond donors (Lipinski definition) is 4. The number of imidazole rings is 2. The molecule has 0 aliphatic carbocycles. The summed E-state index contributed by atoms with van der Waals surface area (Å²) in [5.74, 6) is 1.55. The Kier molecular flexibility index (Phi) is 9.25. The Balaban J connectivity index is 0.000000148. The number of nitrogens with zero attached hydrogens (tertiary/aromatic N) is 6. The highest BCUT2D eigenvalue weighted by atomic mass is 32.1. The minimum atomic E-state index is -0.373. The van der Waals surface area contributed by atoms with E-state index in [4.69, 9.17) is 14.4 Å². The minimum Gasteiger partial charge on any atom is -0.447 e. The third-order valence-corrected chi connectivity index (χ3v) is 11.1. The molecule has 14 heteroatoms. The van der Waals surface area contributed by atoms with Crippen LogP contribution in [-0.4, -0.2) is 40.6 Å². The van der Waals surface area contributed by atoms with Crippen molar-refractivity contribution in [2.24, 2.45) is 0 Å². The van der Waals surface area contributed by atoms with Gasteiger partial charge in [-0.1, -0.05) is 36.4 Å². The molecule has 6 aromatic heterocycles. The van der Waals surface area contributed by atoms with Gasteiger partial charge in [0.15, 0.2) is 6.39 Å². The maximum atomic E-state index is 13.0. The molecule has 13 nitrogen and oxygen atoms in total. The number of carbonyl (C=O) groups is 2. The van der Waals surface area contributed by atoms with Gasteiger partial charge in [0.1, 0.15) is 33.7 Å². The van der Waals surface area contributed by atoms with Crippen molar-refractivity contribution in [3.63, 3.8) is 0 Å². The molecule has 0 fully saturated rings. The number of benzene rings is 2. The quantitative estimate of drug-likeness (QED) is 0.125. The molecule has 2 amide bonds. The van der Waals surface area contributed by atoms with Crippen molar-refractivity contribution in [3.8, 4) is 0 Å². The van der Waals surface area contributed by atoms with Gasteiger partial charge in [-0.2, -0.15) is 0 Å². The Hall–Kier alpha value is -6.80. The van der Waals surface area contributed by atoms with Crippen LogP contribution in [0, 0.1) is 27.7 Å². The number of hydrogen-bond acceptors (Lipinski definition) is 10. The molecular formula is C43H40N10O3S. The predicted molar refractivity (Wildman–Crippen MR) is 222 cm³/mol. The number of oxazole rings is 1. The van der Waals surface area contributed by atoms with Crippen molar-refractivity contribution in [1.82, 2.24) is 28.7 Å². The highest BCUT2D eigenvalue weighted by Gasteiger charge is 2.34. The second-order valence-electron chi connectivity index (χ2n) is 14.7. The summed E-state index contributed by atoms with van der Waals surface area (Å²) in [6, 6.07) is 20.4. The zero-order valence-electron chi connectivity index (χ0n) is 31.8.